The molecule has 29 heavy (non-hydrogen) atoms. The maximum atomic E-state index is 12.9. The van der Waals surface area contributed by atoms with Crippen LogP contribution in [0.3, 0.4) is 0 Å². The highest BCUT2D eigenvalue weighted by Gasteiger charge is 2.32. The number of hydrogen-bond donors (Lipinski definition) is 0. The van der Waals surface area contributed by atoms with E-state index < -0.39 is 17.7 Å². The van der Waals surface area contributed by atoms with Gasteiger partial charge in [-0.25, -0.2) is 4.79 Å². The number of carbonyl (C=O) groups excluding carboxylic acids is 1. The Balaban J connectivity index is 1.95. The zero-order valence-electron chi connectivity index (χ0n) is 16.1. The first kappa shape index (κ1) is 20.8. The minimum absolute atomic E-state index is 0.199. The molecule has 154 valence electrons. The van der Waals surface area contributed by atoms with Crippen molar-refractivity contribution in [2.24, 2.45) is 0 Å². The Bertz CT molecular complexity index is 884. The molecule has 1 unspecified atom stereocenters. The second-order valence-corrected chi connectivity index (χ2v) is 6.52. The molecule has 3 rings (SSSR count). The lowest BCUT2D eigenvalue weighted by molar-refractivity contribution is -0.139. The van der Waals surface area contributed by atoms with E-state index in [4.69, 9.17) is 14.2 Å². The number of hydrogen-bond acceptors (Lipinski definition) is 4. The molecule has 4 nitrogen and oxygen atoms in total. The van der Waals surface area contributed by atoms with Crippen LogP contribution in [0.4, 0.5) is 13.2 Å². The number of ether oxygens (including phenoxy) is 3. The fourth-order valence-electron chi connectivity index (χ4n) is 3.18. The van der Waals surface area contributed by atoms with Crippen molar-refractivity contribution in [1.29, 1.82) is 0 Å². The van der Waals surface area contributed by atoms with Crippen LogP contribution in [0.1, 0.15) is 42.6 Å². The Kier molecular flexibility index (Phi) is 6.15. The molecule has 0 aliphatic carbocycles. The molecule has 7 heteroatoms. The summed E-state index contributed by atoms with van der Waals surface area (Å²) in [7, 11) is 1.57. The van der Waals surface area contributed by atoms with E-state index in [9.17, 15) is 18.0 Å². The summed E-state index contributed by atoms with van der Waals surface area (Å²) in [6, 6.07) is 11.9. The summed E-state index contributed by atoms with van der Waals surface area (Å²) in [5, 5.41) is 0. The van der Waals surface area contributed by atoms with Crippen LogP contribution in [-0.4, -0.2) is 19.7 Å². The number of esters is 1. The SMILES string of the molecule is CCOC(=O)C1=C(c2ccc(C(F)(F)F)cc2)OC(c2ccc(OC)cc2)CC1. The molecule has 1 aliphatic rings. The average Bonchev–Trinajstić information content (AvgIpc) is 2.73. The molecule has 1 heterocycles. The van der Waals surface area contributed by atoms with E-state index in [0.29, 0.717) is 29.7 Å². The Labute approximate surface area is 166 Å². The van der Waals surface area contributed by atoms with Gasteiger partial charge in [-0.05, 0) is 49.6 Å². The second kappa shape index (κ2) is 8.59. The van der Waals surface area contributed by atoms with E-state index in [1.165, 1.54) is 12.1 Å². The molecule has 0 bridgehead atoms. The van der Waals surface area contributed by atoms with Crippen LogP contribution >= 0.6 is 0 Å². The predicted octanol–water partition coefficient (Wildman–Crippen LogP) is 5.54. The van der Waals surface area contributed by atoms with E-state index in [1.54, 1.807) is 26.2 Å². The maximum Gasteiger partial charge on any atom is 0.416 e. The van der Waals surface area contributed by atoms with Gasteiger partial charge in [-0.15, -0.1) is 0 Å². The van der Waals surface area contributed by atoms with Crippen LogP contribution in [0.25, 0.3) is 5.76 Å². The Hall–Kier alpha value is -2.96. The smallest absolute Gasteiger partial charge is 0.416 e. The molecule has 1 aliphatic heterocycles. The molecule has 2 aromatic carbocycles. The first-order valence-corrected chi connectivity index (χ1v) is 9.22. The standard InChI is InChI=1S/C22H21F3O4/c1-3-28-21(26)18-12-13-19(14-6-10-17(27-2)11-7-14)29-20(18)15-4-8-16(9-5-15)22(23,24)25/h4-11,19H,3,12-13H2,1-2H3. The van der Waals surface area contributed by atoms with Gasteiger partial charge in [0.2, 0.25) is 0 Å². The van der Waals surface area contributed by atoms with E-state index in [-0.39, 0.29) is 18.5 Å². The summed E-state index contributed by atoms with van der Waals surface area (Å²) in [6.45, 7) is 1.89. The average molecular weight is 406 g/mol. The Morgan fingerprint density at radius 1 is 1.10 bits per heavy atom. The molecule has 2 aromatic rings. The number of benzene rings is 2. The Morgan fingerprint density at radius 2 is 1.76 bits per heavy atom. The van der Waals surface area contributed by atoms with Crippen molar-refractivity contribution in [3.05, 3.63) is 70.8 Å². The number of rotatable bonds is 5. The van der Waals surface area contributed by atoms with E-state index in [1.807, 2.05) is 12.1 Å². The highest BCUT2D eigenvalue weighted by Crippen LogP contribution is 2.40. The molecule has 0 aromatic heterocycles. The molecular weight excluding hydrogens is 385 g/mol. The molecule has 0 saturated carbocycles. The van der Waals surface area contributed by atoms with Gasteiger partial charge in [-0.3, -0.25) is 0 Å². The van der Waals surface area contributed by atoms with Crippen molar-refractivity contribution >= 4 is 11.7 Å². The lowest BCUT2D eigenvalue weighted by atomic mass is 9.94. The summed E-state index contributed by atoms with van der Waals surface area (Å²) in [6.07, 6.45) is -3.83. The van der Waals surface area contributed by atoms with Crippen LogP contribution in [0.5, 0.6) is 5.75 Å². The van der Waals surface area contributed by atoms with Crippen LogP contribution in [0, 0.1) is 0 Å². The largest absolute Gasteiger partial charge is 0.497 e. The monoisotopic (exact) mass is 406 g/mol. The molecular formula is C22H21F3O4. The first-order chi connectivity index (χ1) is 13.8. The fourth-order valence-corrected chi connectivity index (χ4v) is 3.18. The maximum absolute atomic E-state index is 12.9. The van der Waals surface area contributed by atoms with Crippen LogP contribution in [0.15, 0.2) is 54.1 Å². The normalized spacial score (nSPS) is 16.9. The molecule has 0 radical (unpaired) electrons. The van der Waals surface area contributed by atoms with Crippen LogP contribution in [-0.2, 0) is 20.4 Å². The van der Waals surface area contributed by atoms with Crippen LogP contribution in [0.2, 0.25) is 0 Å². The molecule has 0 spiro atoms. The van der Waals surface area contributed by atoms with Crippen molar-refractivity contribution in [2.75, 3.05) is 13.7 Å². The minimum Gasteiger partial charge on any atom is -0.497 e. The lowest BCUT2D eigenvalue weighted by Crippen LogP contribution is -2.18. The molecule has 0 N–H and O–H groups in total. The molecule has 1 atom stereocenters. The van der Waals surface area contributed by atoms with Crippen LogP contribution < -0.4 is 4.74 Å². The van der Waals surface area contributed by atoms with Gasteiger partial charge in [0.25, 0.3) is 0 Å². The van der Waals surface area contributed by atoms with E-state index >= 15 is 0 Å². The third-order valence-corrected chi connectivity index (χ3v) is 4.67. The quantitative estimate of drug-likeness (QED) is 0.612. The third kappa shape index (κ3) is 4.72. The summed E-state index contributed by atoms with van der Waals surface area (Å²) in [5.41, 5.74) is 0.857. The lowest BCUT2D eigenvalue weighted by Gasteiger charge is -2.28. The van der Waals surface area contributed by atoms with Gasteiger partial charge in [-0.1, -0.05) is 24.3 Å². The second-order valence-electron chi connectivity index (χ2n) is 6.52. The van der Waals surface area contributed by atoms with E-state index in [0.717, 1.165) is 17.7 Å². The van der Waals surface area contributed by atoms with Gasteiger partial charge in [0.15, 0.2) is 0 Å². The van der Waals surface area contributed by atoms with Gasteiger partial charge in [0, 0.05) is 5.56 Å². The number of carbonyl (C=O) groups is 1. The summed E-state index contributed by atoms with van der Waals surface area (Å²) in [5.74, 6) is 0.440. The zero-order chi connectivity index (χ0) is 21.0. The predicted molar refractivity (Wildman–Crippen MR) is 101 cm³/mol. The van der Waals surface area contributed by atoms with Crippen molar-refractivity contribution < 1.29 is 32.2 Å². The highest BCUT2D eigenvalue weighted by molar-refractivity contribution is 5.96. The molecule has 0 fully saturated rings. The van der Waals surface area contributed by atoms with Crippen molar-refractivity contribution in [2.45, 2.75) is 32.0 Å². The highest BCUT2D eigenvalue weighted by atomic mass is 19.4. The minimum atomic E-state index is -4.43. The summed E-state index contributed by atoms with van der Waals surface area (Å²) < 4.78 is 55.0. The topological polar surface area (TPSA) is 44.8 Å². The van der Waals surface area contributed by atoms with Crippen molar-refractivity contribution in [3.63, 3.8) is 0 Å². The third-order valence-electron chi connectivity index (χ3n) is 4.67. The summed E-state index contributed by atoms with van der Waals surface area (Å²) in [4.78, 5) is 12.4. The molecule has 0 saturated heterocycles. The fraction of sp³-hybridized carbons (Fsp3) is 0.318. The first-order valence-electron chi connectivity index (χ1n) is 9.22. The summed E-state index contributed by atoms with van der Waals surface area (Å²) >= 11 is 0. The van der Waals surface area contributed by atoms with Gasteiger partial charge in [0.1, 0.15) is 17.6 Å². The van der Waals surface area contributed by atoms with E-state index in [2.05, 4.69) is 0 Å². The van der Waals surface area contributed by atoms with Gasteiger partial charge in [-0.2, -0.15) is 13.2 Å². The van der Waals surface area contributed by atoms with Crippen molar-refractivity contribution in [3.8, 4) is 5.75 Å². The van der Waals surface area contributed by atoms with Gasteiger partial charge >= 0.3 is 12.1 Å². The van der Waals surface area contributed by atoms with Crippen molar-refractivity contribution in [1.82, 2.24) is 0 Å². The van der Waals surface area contributed by atoms with Gasteiger partial charge in [0.05, 0.1) is 24.9 Å². The molecule has 0 amide bonds. The zero-order valence-corrected chi connectivity index (χ0v) is 16.1. The Morgan fingerprint density at radius 3 is 2.31 bits per heavy atom. The number of alkyl halides is 3. The number of halogens is 3. The number of methoxy groups -OCH3 is 1. The van der Waals surface area contributed by atoms with Gasteiger partial charge < -0.3 is 14.2 Å².